The summed E-state index contributed by atoms with van der Waals surface area (Å²) in [5, 5.41) is 23.2. The fourth-order valence-electron chi connectivity index (χ4n) is 3.21. The Kier molecular flexibility index (Phi) is 3.07. The zero-order chi connectivity index (χ0) is 14.3. The highest BCUT2D eigenvalue weighted by Crippen LogP contribution is 2.48. The molecule has 0 spiro atoms. The third-order valence-electron chi connectivity index (χ3n) is 4.07. The van der Waals surface area contributed by atoms with Gasteiger partial charge in [-0.25, -0.2) is 0 Å². The predicted octanol–water partition coefficient (Wildman–Crippen LogP) is 2.08. The van der Waals surface area contributed by atoms with Gasteiger partial charge in [0.1, 0.15) is 11.1 Å². The molecule has 0 saturated heterocycles. The number of hydrogen-bond acceptors (Lipinski definition) is 4. The van der Waals surface area contributed by atoms with E-state index in [4.69, 9.17) is 5.26 Å². The Hall–Kier alpha value is -2.13. The number of anilines is 1. The van der Waals surface area contributed by atoms with E-state index in [9.17, 15) is 14.7 Å². The van der Waals surface area contributed by atoms with Crippen LogP contribution in [0.15, 0.2) is 23.6 Å². The van der Waals surface area contributed by atoms with Gasteiger partial charge in [-0.1, -0.05) is 12.2 Å². The number of carboxylic acid groups (broad SMARTS) is 1. The molecule has 2 bridgehead atoms. The predicted molar refractivity (Wildman–Crippen MR) is 73.0 cm³/mol. The molecule has 5 nitrogen and oxygen atoms in total. The number of amides is 1. The van der Waals surface area contributed by atoms with Crippen LogP contribution in [0.1, 0.15) is 12.0 Å². The molecular formula is C14H12N2O3S. The van der Waals surface area contributed by atoms with Crippen LogP contribution in [-0.2, 0) is 9.59 Å². The number of thiophene rings is 1. The number of nitriles is 1. The second-order valence-corrected chi connectivity index (χ2v) is 6.02. The molecule has 2 N–H and O–H groups in total. The molecule has 3 rings (SSSR count). The maximum absolute atomic E-state index is 12.4. The Morgan fingerprint density at radius 2 is 2.05 bits per heavy atom. The molecule has 20 heavy (non-hydrogen) atoms. The lowest BCUT2D eigenvalue weighted by atomic mass is 9.82. The number of rotatable bonds is 3. The molecule has 1 aromatic heterocycles. The van der Waals surface area contributed by atoms with Crippen molar-refractivity contribution in [3.8, 4) is 6.07 Å². The molecule has 1 saturated carbocycles. The molecule has 0 aliphatic heterocycles. The van der Waals surface area contributed by atoms with Crippen molar-refractivity contribution in [1.29, 1.82) is 5.26 Å². The van der Waals surface area contributed by atoms with Gasteiger partial charge in [0.2, 0.25) is 5.91 Å². The average Bonchev–Trinajstić information content (AvgIpc) is 3.12. The number of fused-ring (bicyclic) bond motifs is 2. The van der Waals surface area contributed by atoms with Gasteiger partial charge in [0.05, 0.1) is 17.4 Å². The number of aliphatic carboxylic acids is 1. The minimum atomic E-state index is -0.923. The van der Waals surface area contributed by atoms with Crippen LogP contribution < -0.4 is 5.32 Å². The standard InChI is InChI=1S/C14H12N2O3S/c15-6-9-3-4-20-13(9)16-12(17)10-7-1-2-8(5-7)11(10)14(18)19/h1-4,7-8,10-11H,5H2,(H,16,17)(H,18,19)/t7-,8-,10-,11-/m0/s1. The number of carboxylic acids is 1. The van der Waals surface area contributed by atoms with E-state index in [-0.39, 0.29) is 17.7 Å². The smallest absolute Gasteiger partial charge is 0.307 e. The molecule has 6 heteroatoms. The highest BCUT2D eigenvalue weighted by atomic mass is 32.1. The average molecular weight is 288 g/mol. The van der Waals surface area contributed by atoms with Gasteiger partial charge in [-0.3, -0.25) is 9.59 Å². The third-order valence-corrected chi connectivity index (χ3v) is 4.90. The van der Waals surface area contributed by atoms with Crippen LogP contribution in [0.4, 0.5) is 5.00 Å². The lowest BCUT2D eigenvalue weighted by Crippen LogP contribution is -2.36. The zero-order valence-electron chi connectivity index (χ0n) is 10.4. The van der Waals surface area contributed by atoms with Crippen molar-refractivity contribution in [2.24, 2.45) is 23.7 Å². The van der Waals surface area contributed by atoms with Gasteiger partial charge in [0, 0.05) is 0 Å². The fourth-order valence-corrected chi connectivity index (χ4v) is 3.95. The van der Waals surface area contributed by atoms with E-state index in [2.05, 4.69) is 5.32 Å². The molecule has 1 aromatic rings. The first-order chi connectivity index (χ1) is 9.61. The molecule has 1 heterocycles. The maximum Gasteiger partial charge on any atom is 0.307 e. The monoisotopic (exact) mass is 288 g/mol. The summed E-state index contributed by atoms with van der Waals surface area (Å²) >= 11 is 1.27. The van der Waals surface area contributed by atoms with Crippen molar-refractivity contribution in [3.63, 3.8) is 0 Å². The first-order valence-corrected chi connectivity index (χ1v) is 7.19. The SMILES string of the molecule is N#Cc1ccsc1NC(=O)[C@@H]1[C@@H](C(=O)O)[C@H]2C=C[C@H]1C2. The largest absolute Gasteiger partial charge is 0.481 e. The Balaban J connectivity index is 1.82. The van der Waals surface area contributed by atoms with E-state index < -0.39 is 17.8 Å². The highest BCUT2D eigenvalue weighted by molar-refractivity contribution is 7.14. The van der Waals surface area contributed by atoms with Crippen LogP contribution in [-0.4, -0.2) is 17.0 Å². The topological polar surface area (TPSA) is 90.2 Å². The summed E-state index contributed by atoms with van der Waals surface area (Å²) in [6.07, 6.45) is 4.57. The molecule has 102 valence electrons. The van der Waals surface area contributed by atoms with Crippen LogP contribution in [0.2, 0.25) is 0 Å². The molecule has 0 aromatic carbocycles. The summed E-state index contributed by atoms with van der Waals surface area (Å²) in [6.45, 7) is 0. The number of allylic oxidation sites excluding steroid dienone is 2. The quantitative estimate of drug-likeness (QED) is 0.833. The van der Waals surface area contributed by atoms with Gasteiger partial charge in [-0.05, 0) is 29.7 Å². The van der Waals surface area contributed by atoms with E-state index in [1.165, 1.54) is 11.3 Å². The molecule has 0 radical (unpaired) electrons. The lowest BCUT2D eigenvalue weighted by molar-refractivity contribution is -0.146. The summed E-state index contributed by atoms with van der Waals surface area (Å²) in [7, 11) is 0. The van der Waals surface area contributed by atoms with E-state index in [1.54, 1.807) is 11.4 Å². The third kappa shape index (κ3) is 1.91. The van der Waals surface area contributed by atoms with Gasteiger partial charge in [0.25, 0.3) is 0 Å². The molecule has 0 unspecified atom stereocenters. The minimum Gasteiger partial charge on any atom is -0.481 e. The van der Waals surface area contributed by atoms with Crippen molar-refractivity contribution in [3.05, 3.63) is 29.2 Å². The number of nitrogens with zero attached hydrogens (tertiary/aromatic N) is 1. The Labute approximate surface area is 119 Å². The minimum absolute atomic E-state index is 0.00778. The molecule has 2 aliphatic rings. The van der Waals surface area contributed by atoms with E-state index in [1.807, 2.05) is 18.2 Å². The van der Waals surface area contributed by atoms with Crippen molar-refractivity contribution in [2.45, 2.75) is 6.42 Å². The first kappa shape index (κ1) is 12.9. The summed E-state index contributed by atoms with van der Waals surface area (Å²) < 4.78 is 0. The van der Waals surface area contributed by atoms with Crippen molar-refractivity contribution in [2.75, 3.05) is 5.32 Å². The Morgan fingerprint density at radius 3 is 2.70 bits per heavy atom. The molecule has 1 amide bonds. The molecular weight excluding hydrogens is 276 g/mol. The van der Waals surface area contributed by atoms with Gasteiger partial charge in [-0.15, -0.1) is 11.3 Å². The van der Waals surface area contributed by atoms with Crippen LogP contribution in [0.3, 0.4) is 0 Å². The van der Waals surface area contributed by atoms with Gasteiger partial charge < -0.3 is 10.4 Å². The van der Waals surface area contributed by atoms with Gasteiger partial charge in [-0.2, -0.15) is 5.26 Å². The molecule has 1 fully saturated rings. The van der Waals surface area contributed by atoms with Crippen LogP contribution in [0.25, 0.3) is 0 Å². The normalized spacial score (nSPS) is 30.1. The van der Waals surface area contributed by atoms with Crippen molar-refractivity contribution >= 4 is 28.2 Å². The summed E-state index contributed by atoms with van der Waals surface area (Å²) in [5.41, 5.74) is 0.411. The van der Waals surface area contributed by atoms with Crippen LogP contribution in [0.5, 0.6) is 0 Å². The highest BCUT2D eigenvalue weighted by Gasteiger charge is 2.51. The number of carbonyl (C=O) groups is 2. The fraction of sp³-hybridized carbons (Fsp3) is 0.357. The van der Waals surface area contributed by atoms with Crippen LogP contribution >= 0.6 is 11.3 Å². The lowest BCUT2D eigenvalue weighted by Gasteiger charge is -2.23. The number of carbonyl (C=O) groups excluding carboxylic acids is 1. The van der Waals surface area contributed by atoms with Crippen molar-refractivity contribution in [1.82, 2.24) is 0 Å². The second-order valence-electron chi connectivity index (χ2n) is 5.10. The summed E-state index contributed by atoms with van der Waals surface area (Å²) in [5.74, 6) is -2.48. The van der Waals surface area contributed by atoms with E-state index in [0.29, 0.717) is 10.6 Å². The molecule has 2 aliphatic carbocycles. The van der Waals surface area contributed by atoms with Crippen LogP contribution in [0, 0.1) is 35.0 Å². The number of hydrogen-bond donors (Lipinski definition) is 2. The van der Waals surface area contributed by atoms with E-state index in [0.717, 1.165) is 6.42 Å². The Morgan fingerprint density at radius 1 is 1.35 bits per heavy atom. The van der Waals surface area contributed by atoms with E-state index >= 15 is 0 Å². The first-order valence-electron chi connectivity index (χ1n) is 6.31. The summed E-state index contributed by atoms with van der Waals surface area (Å²) in [4.78, 5) is 23.7. The Bertz CT molecular complexity index is 643. The van der Waals surface area contributed by atoms with Gasteiger partial charge in [0.15, 0.2) is 0 Å². The van der Waals surface area contributed by atoms with Crippen molar-refractivity contribution < 1.29 is 14.7 Å². The maximum atomic E-state index is 12.4. The van der Waals surface area contributed by atoms with Gasteiger partial charge >= 0.3 is 5.97 Å². The molecule has 4 atom stereocenters. The zero-order valence-corrected chi connectivity index (χ0v) is 11.3. The second kappa shape index (κ2) is 4.76. The number of nitrogens with one attached hydrogen (secondary N) is 1. The summed E-state index contributed by atoms with van der Waals surface area (Å²) in [6, 6.07) is 3.64.